The van der Waals surface area contributed by atoms with Gasteiger partial charge in [-0.15, -0.1) is 0 Å². The summed E-state index contributed by atoms with van der Waals surface area (Å²) < 4.78 is 0. The largest absolute Gasteiger partial charge is 0.384 e. The second-order valence-corrected chi connectivity index (χ2v) is 10.1. The minimum atomic E-state index is -0.829. The average molecular weight is 496 g/mol. The number of piperidine rings is 1. The number of amidine groups is 1. The molecule has 3 atom stereocenters. The minimum Gasteiger partial charge on any atom is -0.384 e. The lowest BCUT2D eigenvalue weighted by molar-refractivity contribution is -0.145. The van der Waals surface area contributed by atoms with Crippen LogP contribution in [0.1, 0.15) is 47.4 Å². The molecule has 5 rings (SSSR count). The smallest absolute Gasteiger partial charge is 0.246 e. The summed E-state index contributed by atoms with van der Waals surface area (Å²) in [6.45, 7) is 0.871. The van der Waals surface area contributed by atoms with Crippen molar-refractivity contribution in [2.24, 2.45) is 17.4 Å². The lowest BCUT2D eigenvalue weighted by Gasteiger charge is -2.38. The molecular formula is C30H33N5O2. The fraction of sp³-hybridized carbons (Fsp3) is 0.300. The molecule has 2 amide bonds. The molecule has 1 heterocycles. The SMILES string of the molecule is N=C(N)c1ccc(CNC(=O)[C@]23C[C@H]2CCCN3C(=O)[C@H](N)C(c2ccccc2)c2ccccc2)cc1. The van der Waals surface area contributed by atoms with E-state index in [0.29, 0.717) is 25.1 Å². The summed E-state index contributed by atoms with van der Waals surface area (Å²) in [6.07, 6.45) is 2.47. The van der Waals surface area contributed by atoms with Gasteiger partial charge in [0.25, 0.3) is 0 Å². The topological polar surface area (TPSA) is 125 Å². The van der Waals surface area contributed by atoms with Gasteiger partial charge in [-0.3, -0.25) is 15.0 Å². The van der Waals surface area contributed by atoms with E-state index in [4.69, 9.17) is 16.9 Å². The second-order valence-electron chi connectivity index (χ2n) is 10.1. The van der Waals surface area contributed by atoms with E-state index < -0.39 is 11.6 Å². The first-order valence-electron chi connectivity index (χ1n) is 12.8. The van der Waals surface area contributed by atoms with E-state index >= 15 is 0 Å². The molecule has 6 N–H and O–H groups in total. The molecule has 0 unspecified atom stereocenters. The maximum absolute atomic E-state index is 14.0. The number of benzene rings is 3. The van der Waals surface area contributed by atoms with Crippen LogP contribution in [0.4, 0.5) is 0 Å². The summed E-state index contributed by atoms with van der Waals surface area (Å²) in [6, 6.07) is 26.2. The van der Waals surface area contributed by atoms with Crippen LogP contribution in [0.15, 0.2) is 84.9 Å². The number of nitrogens with zero attached hydrogens (tertiary/aromatic N) is 1. The molecule has 190 valence electrons. The number of nitrogen functional groups attached to an aromatic ring is 1. The van der Waals surface area contributed by atoms with Crippen molar-refractivity contribution < 1.29 is 9.59 Å². The van der Waals surface area contributed by atoms with Crippen molar-refractivity contribution in [2.75, 3.05) is 6.54 Å². The molecule has 7 nitrogen and oxygen atoms in total. The quantitative estimate of drug-likeness (QED) is 0.283. The van der Waals surface area contributed by atoms with Crippen LogP contribution in [0, 0.1) is 11.3 Å². The van der Waals surface area contributed by atoms with Crippen LogP contribution in [0.25, 0.3) is 0 Å². The Kier molecular flexibility index (Phi) is 6.80. The Morgan fingerprint density at radius 1 is 0.973 bits per heavy atom. The van der Waals surface area contributed by atoms with Gasteiger partial charge in [0.15, 0.2) is 0 Å². The molecule has 37 heavy (non-hydrogen) atoms. The third-order valence-corrected chi connectivity index (χ3v) is 7.83. The Balaban J connectivity index is 1.36. The van der Waals surface area contributed by atoms with E-state index in [-0.39, 0.29) is 29.5 Å². The Morgan fingerprint density at radius 3 is 2.14 bits per heavy atom. The molecule has 0 radical (unpaired) electrons. The second kappa shape index (κ2) is 10.2. The minimum absolute atomic E-state index is 0.00676. The highest BCUT2D eigenvalue weighted by atomic mass is 16.2. The van der Waals surface area contributed by atoms with Gasteiger partial charge in [0.2, 0.25) is 11.8 Å². The molecule has 0 spiro atoms. The zero-order chi connectivity index (χ0) is 26.0. The van der Waals surface area contributed by atoms with E-state index in [1.165, 1.54) is 0 Å². The van der Waals surface area contributed by atoms with Crippen LogP contribution < -0.4 is 16.8 Å². The Hall–Kier alpha value is -3.97. The number of carbonyl (C=O) groups excluding carboxylic acids is 2. The number of hydrogen-bond acceptors (Lipinski definition) is 4. The van der Waals surface area contributed by atoms with E-state index in [9.17, 15) is 9.59 Å². The summed E-state index contributed by atoms with van der Waals surface area (Å²) in [5.41, 5.74) is 15.0. The summed E-state index contributed by atoms with van der Waals surface area (Å²) in [5, 5.41) is 10.6. The van der Waals surface area contributed by atoms with Crippen LogP contribution in [-0.2, 0) is 16.1 Å². The third-order valence-electron chi connectivity index (χ3n) is 7.83. The van der Waals surface area contributed by atoms with Crippen molar-refractivity contribution in [2.45, 2.75) is 43.3 Å². The molecule has 2 fully saturated rings. The number of carbonyl (C=O) groups is 2. The maximum Gasteiger partial charge on any atom is 0.246 e. The van der Waals surface area contributed by atoms with Crippen molar-refractivity contribution in [1.29, 1.82) is 5.41 Å². The van der Waals surface area contributed by atoms with Crippen molar-refractivity contribution in [1.82, 2.24) is 10.2 Å². The van der Waals surface area contributed by atoms with Gasteiger partial charge >= 0.3 is 0 Å². The zero-order valence-electron chi connectivity index (χ0n) is 20.8. The van der Waals surface area contributed by atoms with Gasteiger partial charge in [-0.05, 0) is 41.9 Å². The normalized spacial score (nSPS) is 21.1. The number of nitrogens with two attached hydrogens (primary N) is 2. The predicted molar refractivity (Wildman–Crippen MR) is 144 cm³/mol. The van der Waals surface area contributed by atoms with Crippen molar-refractivity contribution in [3.05, 3.63) is 107 Å². The van der Waals surface area contributed by atoms with E-state index in [1.807, 2.05) is 72.8 Å². The van der Waals surface area contributed by atoms with Crippen molar-refractivity contribution >= 4 is 17.6 Å². The van der Waals surface area contributed by atoms with Gasteiger partial charge in [-0.2, -0.15) is 0 Å². The standard InChI is InChI=1S/C30H33N5O2/c31-26(25(21-8-3-1-4-9-21)22-10-5-2-6-11-22)28(36)35-17-7-12-24-18-30(24,35)29(37)34-19-20-13-15-23(16-14-20)27(32)33/h1-6,8-11,13-16,24-26H,7,12,17-19,31H2,(H3,32,33)(H,34,37)/t24-,26-,30+/m1/s1. The Bertz CT molecular complexity index is 1240. The molecule has 1 aliphatic carbocycles. The highest BCUT2D eigenvalue weighted by Crippen LogP contribution is 2.54. The van der Waals surface area contributed by atoms with Gasteiger partial charge < -0.3 is 21.7 Å². The Morgan fingerprint density at radius 2 is 1.57 bits per heavy atom. The molecule has 1 aliphatic heterocycles. The van der Waals surface area contributed by atoms with Crippen LogP contribution >= 0.6 is 0 Å². The predicted octanol–water partition coefficient (Wildman–Crippen LogP) is 3.13. The number of amides is 2. The van der Waals surface area contributed by atoms with Gasteiger partial charge in [-0.1, -0.05) is 84.9 Å². The van der Waals surface area contributed by atoms with Gasteiger partial charge in [0.05, 0.1) is 6.04 Å². The molecule has 7 heteroatoms. The molecule has 3 aromatic rings. The monoisotopic (exact) mass is 495 g/mol. The zero-order valence-corrected chi connectivity index (χ0v) is 20.8. The number of fused-ring (bicyclic) bond motifs is 1. The summed E-state index contributed by atoms with van der Waals surface area (Å²) in [7, 11) is 0. The first kappa shape index (κ1) is 24.7. The number of hydrogen-bond donors (Lipinski definition) is 4. The molecule has 0 aromatic heterocycles. The molecule has 1 saturated heterocycles. The number of nitrogens with one attached hydrogen (secondary N) is 2. The molecule has 3 aromatic carbocycles. The van der Waals surface area contributed by atoms with Gasteiger partial charge in [0, 0.05) is 24.6 Å². The maximum atomic E-state index is 14.0. The number of likely N-dealkylation sites (tertiary alicyclic amines) is 1. The summed E-state index contributed by atoms with van der Waals surface area (Å²) in [4.78, 5) is 29.3. The average Bonchev–Trinajstić information content (AvgIpc) is 3.69. The lowest BCUT2D eigenvalue weighted by Crippen LogP contribution is -2.59. The fourth-order valence-electron chi connectivity index (χ4n) is 5.78. The highest BCUT2D eigenvalue weighted by molar-refractivity contribution is 5.97. The van der Waals surface area contributed by atoms with Crippen LogP contribution in [0.5, 0.6) is 0 Å². The molecule has 2 aliphatic rings. The van der Waals surface area contributed by atoms with Gasteiger partial charge in [-0.25, -0.2) is 0 Å². The molecule has 0 bridgehead atoms. The molecular weight excluding hydrogens is 462 g/mol. The first-order chi connectivity index (χ1) is 17.9. The van der Waals surface area contributed by atoms with E-state index in [0.717, 1.165) is 29.5 Å². The highest BCUT2D eigenvalue weighted by Gasteiger charge is 2.66. The summed E-state index contributed by atoms with van der Waals surface area (Å²) >= 11 is 0. The van der Waals surface area contributed by atoms with Crippen molar-refractivity contribution in [3.63, 3.8) is 0 Å². The van der Waals surface area contributed by atoms with Crippen molar-refractivity contribution in [3.8, 4) is 0 Å². The first-order valence-corrected chi connectivity index (χ1v) is 12.8. The number of rotatable bonds is 8. The fourth-order valence-corrected chi connectivity index (χ4v) is 5.78. The van der Waals surface area contributed by atoms with E-state index in [2.05, 4.69) is 5.32 Å². The van der Waals surface area contributed by atoms with Crippen LogP contribution in [-0.4, -0.2) is 40.7 Å². The summed E-state index contributed by atoms with van der Waals surface area (Å²) in [5.74, 6) is -0.448. The Labute approximate surface area is 217 Å². The van der Waals surface area contributed by atoms with Crippen LogP contribution in [0.3, 0.4) is 0 Å². The van der Waals surface area contributed by atoms with E-state index in [1.54, 1.807) is 17.0 Å². The van der Waals surface area contributed by atoms with Gasteiger partial charge in [0.1, 0.15) is 11.4 Å². The van der Waals surface area contributed by atoms with Crippen LogP contribution in [0.2, 0.25) is 0 Å². The third kappa shape index (κ3) is 4.74. The lowest BCUT2D eigenvalue weighted by atomic mass is 9.84. The molecule has 1 saturated carbocycles.